The summed E-state index contributed by atoms with van der Waals surface area (Å²) in [7, 11) is 0. The van der Waals surface area contributed by atoms with Crippen LogP contribution in [0.15, 0.2) is 34.9 Å². The fourth-order valence-electron chi connectivity index (χ4n) is 5.18. The van der Waals surface area contributed by atoms with Crippen LogP contribution >= 0.6 is 11.6 Å². The Morgan fingerprint density at radius 3 is 2.69 bits per heavy atom. The van der Waals surface area contributed by atoms with E-state index in [1.54, 1.807) is 0 Å². The van der Waals surface area contributed by atoms with Gasteiger partial charge in [0, 0.05) is 61.5 Å². The average molecular weight is 496 g/mol. The summed E-state index contributed by atoms with van der Waals surface area (Å²) in [5.41, 5.74) is 4.99. The molecule has 1 amide bonds. The second kappa shape index (κ2) is 10.6. The van der Waals surface area contributed by atoms with Crippen LogP contribution < -0.4 is 5.32 Å². The van der Waals surface area contributed by atoms with Crippen molar-refractivity contribution in [2.24, 2.45) is 0 Å². The Balaban J connectivity index is 1.22. The van der Waals surface area contributed by atoms with Gasteiger partial charge in [0.05, 0.1) is 12.2 Å². The summed E-state index contributed by atoms with van der Waals surface area (Å²) in [6.45, 7) is 12.1. The molecule has 1 saturated heterocycles. The van der Waals surface area contributed by atoms with E-state index in [1.807, 2.05) is 35.9 Å². The molecule has 186 valence electrons. The number of rotatable bonds is 8. The molecule has 5 rings (SSSR count). The number of hydrogen-bond acceptors (Lipinski definition) is 5. The van der Waals surface area contributed by atoms with E-state index in [0.717, 1.165) is 91.7 Å². The Kier molecular flexibility index (Phi) is 7.27. The number of benzene rings is 1. The number of aryl methyl sites for hydroxylation is 2. The smallest absolute Gasteiger partial charge is 0.287 e. The van der Waals surface area contributed by atoms with Gasteiger partial charge in [-0.1, -0.05) is 36.7 Å². The van der Waals surface area contributed by atoms with E-state index >= 15 is 0 Å². The number of fused-ring (bicyclic) bond motifs is 3. The minimum absolute atomic E-state index is 0.134. The van der Waals surface area contributed by atoms with Gasteiger partial charge in [0.25, 0.3) is 5.91 Å². The highest BCUT2D eigenvalue weighted by molar-refractivity contribution is 6.31. The van der Waals surface area contributed by atoms with Crippen molar-refractivity contribution in [2.75, 3.05) is 45.8 Å². The van der Waals surface area contributed by atoms with Gasteiger partial charge in [-0.05, 0) is 50.0 Å². The zero-order valence-electron chi connectivity index (χ0n) is 20.6. The first-order chi connectivity index (χ1) is 17.0. The summed E-state index contributed by atoms with van der Waals surface area (Å²) in [6.07, 6.45) is 4.66. The van der Waals surface area contributed by atoms with Crippen molar-refractivity contribution in [3.63, 3.8) is 0 Å². The molecule has 2 aromatic heterocycles. The third kappa shape index (κ3) is 5.17. The number of carbonyl (C=O) groups is 1. The molecule has 0 atom stereocenters. The third-order valence-electron chi connectivity index (χ3n) is 7.26. The van der Waals surface area contributed by atoms with Gasteiger partial charge in [0.2, 0.25) is 0 Å². The van der Waals surface area contributed by atoms with Gasteiger partial charge in [-0.2, -0.15) is 5.10 Å². The molecule has 1 aliphatic heterocycles. The van der Waals surface area contributed by atoms with Crippen LogP contribution in [0.4, 0.5) is 0 Å². The maximum absolute atomic E-state index is 12.9. The number of piperazine rings is 1. The van der Waals surface area contributed by atoms with Gasteiger partial charge < -0.3 is 19.5 Å². The van der Waals surface area contributed by atoms with E-state index in [2.05, 4.69) is 28.2 Å². The summed E-state index contributed by atoms with van der Waals surface area (Å²) in [4.78, 5) is 17.9. The van der Waals surface area contributed by atoms with Crippen LogP contribution in [0.1, 0.15) is 46.3 Å². The van der Waals surface area contributed by atoms with Crippen LogP contribution in [0.5, 0.6) is 0 Å². The van der Waals surface area contributed by atoms with Crippen LogP contribution in [0.25, 0.3) is 11.3 Å². The van der Waals surface area contributed by atoms with Crippen molar-refractivity contribution >= 4 is 17.5 Å². The molecule has 35 heavy (non-hydrogen) atoms. The predicted octanol–water partition coefficient (Wildman–Crippen LogP) is 4.01. The summed E-state index contributed by atoms with van der Waals surface area (Å²) in [6, 6.07) is 7.84. The zero-order chi connectivity index (χ0) is 24.4. The lowest BCUT2D eigenvalue weighted by Crippen LogP contribution is -2.46. The number of nitrogens with zero attached hydrogens (tertiary/aromatic N) is 4. The standard InChI is InChI=1S/C27H34ClN5O2/c1-3-31-13-15-32(16-14-31)12-6-11-29-27(34)26-19(2)24-23(35-26)10-9-21-18-33(30-25(21)24)17-20-7-4-5-8-22(20)28/h4-5,7-8,18H,3,6,9-17H2,1-2H3,(H,29,34). The largest absolute Gasteiger partial charge is 0.455 e. The predicted molar refractivity (Wildman–Crippen MR) is 138 cm³/mol. The Morgan fingerprint density at radius 2 is 1.91 bits per heavy atom. The van der Waals surface area contributed by atoms with E-state index in [4.69, 9.17) is 21.1 Å². The Labute approximate surface area is 212 Å². The summed E-state index contributed by atoms with van der Waals surface area (Å²) < 4.78 is 8.01. The Bertz CT molecular complexity index is 1190. The lowest BCUT2D eigenvalue weighted by atomic mass is 9.93. The topological polar surface area (TPSA) is 66.5 Å². The van der Waals surface area contributed by atoms with Crippen LogP contribution in [0.3, 0.4) is 0 Å². The van der Waals surface area contributed by atoms with Gasteiger partial charge in [0.15, 0.2) is 5.76 Å². The lowest BCUT2D eigenvalue weighted by molar-refractivity contribution is 0.0918. The highest BCUT2D eigenvalue weighted by atomic mass is 35.5. The quantitative estimate of drug-likeness (QED) is 0.478. The van der Waals surface area contributed by atoms with Gasteiger partial charge in [-0.3, -0.25) is 9.48 Å². The maximum Gasteiger partial charge on any atom is 0.287 e. The molecule has 7 nitrogen and oxygen atoms in total. The molecule has 1 N–H and O–H groups in total. The molecule has 8 heteroatoms. The van der Waals surface area contributed by atoms with E-state index in [1.165, 1.54) is 5.56 Å². The molecule has 1 fully saturated rings. The molecule has 1 aromatic carbocycles. The highest BCUT2D eigenvalue weighted by Gasteiger charge is 2.29. The van der Waals surface area contributed by atoms with Crippen molar-refractivity contribution in [3.8, 4) is 11.3 Å². The molecule has 0 bridgehead atoms. The molecule has 3 heterocycles. The molecule has 0 unspecified atom stereocenters. The van der Waals surface area contributed by atoms with Crippen molar-refractivity contribution in [1.29, 1.82) is 0 Å². The van der Waals surface area contributed by atoms with E-state index in [9.17, 15) is 4.79 Å². The Hall–Kier alpha value is -2.61. The van der Waals surface area contributed by atoms with Crippen molar-refractivity contribution in [3.05, 3.63) is 63.7 Å². The molecule has 1 aliphatic carbocycles. The molecule has 3 aromatic rings. The summed E-state index contributed by atoms with van der Waals surface area (Å²) >= 11 is 6.35. The molecule has 0 spiro atoms. The normalized spacial score (nSPS) is 16.2. The zero-order valence-corrected chi connectivity index (χ0v) is 21.4. The van der Waals surface area contributed by atoms with Crippen LogP contribution in [0, 0.1) is 6.92 Å². The molecule has 0 radical (unpaired) electrons. The summed E-state index contributed by atoms with van der Waals surface area (Å²) in [5.74, 6) is 1.14. The second-order valence-electron chi connectivity index (χ2n) is 9.53. The summed E-state index contributed by atoms with van der Waals surface area (Å²) in [5, 5.41) is 8.66. The van der Waals surface area contributed by atoms with Gasteiger partial charge in [-0.25, -0.2) is 0 Å². The molecular weight excluding hydrogens is 462 g/mol. The molecular formula is C27H34ClN5O2. The fraction of sp³-hybridized carbons (Fsp3) is 0.481. The Morgan fingerprint density at radius 1 is 1.14 bits per heavy atom. The first kappa shape index (κ1) is 24.1. The fourth-order valence-corrected chi connectivity index (χ4v) is 5.37. The minimum Gasteiger partial charge on any atom is -0.455 e. The van der Waals surface area contributed by atoms with Crippen LogP contribution in [-0.2, 0) is 19.4 Å². The molecule has 0 saturated carbocycles. The average Bonchev–Trinajstić information content (AvgIpc) is 3.43. The number of likely N-dealkylation sites (N-methyl/N-ethyl adjacent to an activating group) is 1. The number of aromatic nitrogens is 2. The van der Waals surface area contributed by atoms with Crippen LogP contribution in [-0.4, -0.2) is 71.3 Å². The van der Waals surface area contributed by atoms with Crippen molar-refractivity contribution in [2.45, 2.75) is 39.7 Å². The maximum atomic E-state index is 12.9. The van der Waals surface area contributed by atoms with E-state index < -0.39 is 0 Å². The number of carbonyl (C=O) groups excluding carboxylic acids is 1. The SMILES string of the molecule is CCN1CCN(CCCNC(=O)c2oc3c(c2C)-c2nn(Cc4ccccc4Cl)cc2CC3)CC1. The number of hydrogen-bond donors (Lipinski definition) is 1. The number of amides is 1. The third-order valence-corrected chi connectivity index (χ3v) is 7.63. The van der Waals surface area contributed by atoms with E-state index in [-0.39, 0.29) is 5.91 Å². The van der Waals surface area contributed by atoms with Crippen LogP contribution in [0.2, 0.25) is 5.02 Å². The minimum atomic E-state index is -0.134. The lowest BCUT2D eigenvalue weighted by Gasteiger charge is -2.33. The number of halogens is 1. The first-order valence-electron chi connectivity index (χ1n) is 12.7. The van der Waals surface area contributed by atoms with Gasteiger partial charge in [0.1, 0.15) is 5.76 Å². The van der Waals surface area contributed by atoms with E-state index in [0.29, 0.717) is 18.8 Å². The van der Waals surface area contributed by atoms with Crippen molar-refractivity contribution < 1.29 is 9.21 Å². The highest BCUT2D eigenvalue weighted by Crippen LogP contribution is 2.38. The molecule has 2 aliphatic rings. The first-order valence-corrected chi connectivity index (χ1v) is 13.1. The van der Waals surface area contributed by atoms with Gasteiger partial charge >= 0.3 is 0 Å². The number of furan rings is 1. The van der Waals surface area contributed by atoms with Gasteiger partial charge in [-0.15, -0.1) is 0 Å². The monoisotopic (exact) mass is 495 g/mol. The number of nitrogens with one attached hydrogen (secondary N) is 1. The van der Waals surface area contributed by atoms with Crippen molar-refractivity contribution in [1.82, 2.24) is 24.9 Å². The second-order valence-corrected chi connectivity index (χ2v) is 9.94.